The van der Waals surface area contributed by atoms with Crippen LogP contribution < -0.4 is 0 Å². The Morgan fingerprint density at radius 2 is 1.77 bits per heavy atom. The van der Waals surface area contributed by atoms with Gasteiger partial charge in [-0.05, 0) is 69.8 Å². The van der Waals surface area contributed by atoms with Crippen LogP contribution in [0.15, 0.2) is 21.4 Å². The van der Waals surface area contributed by atoms with Crippen molar-refractivity contribution in [1.82, 2.24) is 4.90 Å². The summed E-state index contributed by atoms with van der Waals surface area (Å²) in [5.74, 6) is 0.271. The Bertz CT molecular complexity index is 662. The van der Waals surface area contributed by atoms with Gasteiger partial charge in [-0.1, -0.05) is 26.2 Å². The third-order valence-corrected chi connectivity index (χ3v) is 7.08. The molecule has 1 aliphatic heterocycles. The number of hydrogen-bond donors (Lipinski definition) is 0. The van der Waals surface area contributed by atoms with E-state index < -0.39 is 5.66 Å². The van der Waals surface area contributed by atoms with Crippen LogP contribution in [-0.2, 0) is 9.59 Å². The average molecular weight is 357 g/mol. The molecule has 0 aromatic heterocycles. The van der Waals surface area contributed by atoms with E-state index in [4.69, 9.17) is 0 Å². The SMILES string of the molecule is CCC(C)(N=NC1CCCC1)N1C(=O)C2=C3C(CCC2)CCCC3C1=O. The number of carbonyl (C=O) groups excluding carboxylic acids is 2. The molecule has 5 heteroatoms. The Morgan fingerprint density at radius 3 is 2.50 bits per heavy atom. The van der Waals surface area contributed by atoms with Gasteiger partial charge in [0.25, 0.3) is 5.91 Å². The van der Waals surface area contributed by atoms with Crippen LogP contribution in [0, 0.1) is 11.8 Å². The van der Waals surface area contributed by atoms with Crippen molar-refractivity contribution in [3.8, 4) is 0 Å². The van der Waals surface area contributed by atoms with Crippen LogP contribution in [-0.4, -0.2) is 28.4 Å². The van der Waals surface area contributed by atoms with Crippen molar-refractivity contribution < 1.29 is 9.59 Å². The number of rotatable bonds is 4. The smallest absolute Gasteiger partial charge is 0.258 e. The van der Waals surface area contributed by atoms with Crippen molar-refractivity contribution >= 4 is 11.8 Å². The van der Waals surface area contributed by atoms with Gasteiger partial charge in [0.1, 0.15) is 0 Å². The van der Waals surface area contributed by atoms with Crippen molar-refractivity contribution in [3.63, 3.8) is 0 Å². The molecule has 4 aliphatic rings. The third kappa shape index (κ3) is 2.84. The predicted molar refractivity (Wildman–Crippen MR) is 99.4 cm³/mol. The summed E-state index contributed by atoms with van der Waals surface area (Å²) >= 11 is 0. The minimum atomic E-state index is -0.848. The minimum Gasteiger partial charge on any atom is -0.274 e. The first kappa shape index (κ1) is 17.9. The van der Waals surface area contributed by atoms with Crippen LogP contribution >= 0.6 is 0 Å². The second-order valence-electron chi connectivity index (χ2n) is 8.71. The largest absolute Gasteiger partial charge is 0.274 e. The second kappa shape index (κ2) is 6.90. The lowest BCUT2D eigenvalue weighted by Crippen LogP contribution is -2.58. The monoisotopic (exact) mass is 357 g/mol. The van der Waals surface area contributed by atoms with Crippen LogP contribution in [0.1, 0.15) is 84.5 Å². The lowest BCUT2D eigenvalue weighted by molar-refractivity contribution is -0.154. The number of imide groups is 1. The number of nitrogens with zero attached hydrogens (tertiary/aromatic N) is 3. The fourth-order valence-electron chi connectivity index (χ4n) is 5.42. The highest BCUT2D eigenvalue weighted by Crippen LogP contribution is 2.48. The van der Waals surface area contributed by atoms with E-state index in [1.807, 2.05) is 13.8 Å². The normalized spacial score (nSPS) is 32.3. The van der Waals surface area contributed by atoms with Crippen molar-refractivity contribution in [2.24, 2.45) is 22.1 Å². The van der Waals surface area contributed by atoms with E-state index in [1.54, 1.807) is 0 Å². The van der Waals surface area contributed by atoms with Gasteiger partial charge in [-0.15, -0.1) is 0 Å². The number of carbonyl (C=O) groups is 2. The van der Waals surface area contributed by atoms with Gasteiger partial charge in [0.15, 0.2) is 5.66 Å². The second-order valence-corrected chi connectivity index (χ2v) is 8.71. The molecule has 3 aliphatic carbocycles. The molecule has 4 rings (SSSR count). The molecule has 0 bridgehead atoms. The van der Waals surface area contributed by atoms with Gasteiger partial charge in [-0.25, -0.2) is 0 Å². The first-order valence-electron chi connectivity index (χ1n) is 10.6. The molecular weight excluding hydrogens is 326 g/mol. The van der Waals surface area contributed by atoms with Gasteiger partial charge in [-0.3, -0.25) is 14.5 Å². The molecule has 0 N–H and O–H groups in total. The van der Waals surface area contributed by atoms with E-state index in [1.165, 1.54) is 23.3 Å². The van der Waals surface area contributed by atoms with E-state index in [0.29, 0.717) is 12.3 Å². The van der Waals surface area contributed by atoms with Crippen molar-refractivity contribution in [2.75, 3.05) is 0 Å². The zero-order valence-electron chi connectivity index (χ0n) is 16.2. The summed E-state index contributed by atoms with van der Waals surface area (Å²) < 4.78 is 0. The summed E-state index contributed by atoms with van der Waals surface area (Å²) in [4.78, 5) is 28.2. The highest BCUT2D eigenvalue weighted by Gasteiger charge is 2.51. The average Bonchev–Trinajstić information content (AvgIpc) is 3.18. The molecule has 0 aromatic carbocycles. The van der Waals surface area contributed by atoms with Gasteiger partial charge >= 0.3 is 0 Å². The maximum Gasteiger partial charge on any atom is 0.258 e. The highest BCUT2D eigenvalue weighted by atomic mass is 16.2. The Kier molecular flexibility index (Phi) is 4.74. The topological polar surface area (TPSA) is 62.1 Å². The molecule has 5 nitrogen and oxygen atoms in total. The quantitative estimate of drug-likeness (QED) is 0.537. The molecule has 2 fully saturated rings. The maximum atomic E-state index is 13.4. The Labute approximate surface area is 156 Å². The van der Waals surface area contributed by atoms with Crippen molar-refractivity contribution in [1.29, 1.82) is 0 Å². The summed E-state index contributed by atoms with van der Waals surface area (Å²) in [5, 5.41) is 9.17. The lowest BCUT2D eigenvalue weighted by Gasteiger charge is -2.46. The van der Waals surface area contributed by atoms with E-state index >= 15 is 0 Å². The summed E-state index contributed by atoms with van der Waals surface area (Å²) in [6, 6.07) is 0.263. The van der Waals surface area contributed by atoms with E-state index in [2.05, 4.69) is 10.2 Å². The molecule has 26 heavy (non-hydrogen) atoms. The first-order valence-corrected chi connectivity index (χ1v) is 10.6. The Morgan fingerprint density at radius 1 is 1.04 bits per heavy atom. The standard InChI is InChI=1S/C21H31N3O2/c1-3-21(2,23-22-15-10-4-5-11-15)24-19(25)16-12-6-8-14-9-7-13-17(18(14)16)20(24)26/h14-16H,3-13H2,1-2H3. The Balaban J connectivity index is 1.68. The predicted octanol–water partition coefficient (Wildman–Crippen LogP) is 4.77. The van der Waals surface area contributed by atoms with Gasteiger partial charge < -0.3 is 0 Å². The number of amides is 2. The molecule has 1 heterocycles. The molecule has 2 saturated carbocycles. The summed E-state index contributed by atoms with van der Waals surface area (Å²) in [5.41, 5.74) is 1.28. The number of azo groups is 1. The molecule has 0 saturated heterocycles. The molecule has 0 aromatic rings. The third-order valence-electron chi connectivity index (χ3n) is 7.08. The van der Waals surface area contributed by atoms with E-state index in [0.717, 1.165) is 56.9 Å². The first-order chi connectivity index (χ1) is 12.5. The van der Waals surface area contributed by atoms with Crippen LogP contribution in [0.25, 0.3) is 0 Å². The summed E-state index contributed by atoms with van der Waals surface area (Å²) in [6.07, 6.45) is 11.3. The van der Waals surface area contributed by atoms with Crippen molar-refractivity contribution in [3.05, 3.63) is 11.1 Å². The maximum absolute atomic E-state index is 13.4. The molecule has 0 spiro atoms. The summed E-state index contributed by atoms with van der Waals surface area (Å²) in [6.45, 7) is 3.92. The van der Waals surface area contributed by atoms with Crippen molar-refractivity contribution in [2.45, 2.75) is 96.2 Å². The molecule has 0 radical (unpaired) electrons. The highest BCUT2D eigenvalue weighted by molar-refractivity contribution is 6.10. The van der Waals surface area contributed by atoms with Gasteiger partial charge in [0.05, 0.1) is 12.0 Å². The summed E-state index contributed by atoms with van der Waals surface area (Å²) in [7, 11) is 0. The number of hydrogen-bond acceptors (Lipinski definition) is 4. The van der Waals surface area contributed by atoms with E-state index in [9.17, 15) is 9.59 Å². The lowest BCUT2D eigenvalue weighted by atomic mass is 9.66. The fraction of sp³-hybridized carbons (Fsp3) is 0.810. The minimum absolute atomic E-state index is 0.0185. The molecular formula is C21H31N3O2. The molecule has 142 valence electrons. The van der Waals surface area contributed by atoms with Crippen LogP contribution in [0.5, 0.6) is 0 Å². The molecule has 3 atom stereocenters. The van der Waals surface area contributed by atoms with Crippen LogP contribution in [0.2, 0.25) is 0 Å². The molecule has 3 unspecified atom stereocenters. The van der Waals surface area contributed by atoms with Gasteiger partial charge in [0.2, 0.25) is 5.91 Å². The fourth-order valence-corrected chi connectivity index (χ4v) is 5.42. The van der Waals surface area contributed by atoms with Gasteiger partial charge in [-0.2, -0.15) is 10.2 Å². The zero-order chi connectivity index (χ0) is 18.3. The Hall–Kier alpha value is -1.52. The van der Waals surface area contributed by atoms with E-state index in [-0.39, 0.29) is 23.8 Å². The zero-order valence-corrected chi connectivity index (χ0v) is 16.2. The van der Waals surface area contributed by atoms with Crippen LogP contribution in [0.3, 0.4) is 0 Å². The van der Waals surface area contributed by atoms with Crippen LogP contribution in [0.4, 0.5) is 0 Å². The van der Waals surface area contributed by atoms with Gasteiger partial charge in [0, 0.05) is 5.57 Å². The molecule has 2 amide bonds.